The fourth-order valence-electron chi connectivity index (χ4n) is 6.25. The van der Waals surface area contributed by atoms with Gasteiger partial charge in [0.25, 0.3) is 0 Å². The highest BCUT2D eigenvalue weighted by atomic mass is 32.2. The summed E-state index contributed by atoms with van der Waals surface area (Å²) in [7, 11) is -2.14. The van der Waals surface area contributed by atoms with E-state index in [2.05, 4.69) is 82.9 Å². The van der Waals surface area contributed by atoms with E-state index in [9.17, 15) is 8.42 Å². The molecular weight excluding hydrogens is 526 g/mol. The van der Waals surface area contributed by atoms with Crippen LogP contribution in [0.3, 0.4) is 0 Å². The molecule has 0 fully saturated rings. The smallest absolute Gasteiger partial charge is 0.347 e. The van der Waals surface area contributed by atoms with E-state index in [0.29, 0.717) is 5.71 Å². The molecule has 41 heavy (non-hydrogen) atoms. The molecule has 3 aliphatic rings. The zero-order valence-electron chi connectivity index (χ0n) is 23.3. The molecular formula is C35H32N3O2S+. The topological polar surface area (TPSA) is 43.6 Å². The normalized spacial score (nSPS) is 17.8. The molecule has 0 radical (unpaired) electrons. The second-order valence-electron chi connectivity index (χ2n) is 10.9. The Kier molecular flexibility index (Phi) is 6.16. The minimum atomic E-state index is -3.83. The second kappa shape index (κ2) is 9.89. The van der Waals surface area contributed by atoms with Gasteiger partial charge in [0, 0.05) is 36.9 Å². The molecule has 0 bridgehead atoms. The molecule has 0 spiro atoms. The van der Waals surface area contributed by atoms with Crippen molar-refractivity contribution in [1.29, 1.82) is 0 Å². The minimum absolute atomic E-state index is 0.283. The second-order valence-corrected chi connectivity index (χ2v) is 12.9. The number of hydrogen-bond acceptors (Lipinski definition) is 4. The molecule has 4 aromatic carbocycles. The highest BCUT2D eigenvalue weighted by Crippen LogP contribution is 2.42. The van der Waals surface area contributed by atoms with Gasteiger partial charge in [-0.05, 0) is 66.3 Å². The van der Waals surface area contributed by atoms with Gasteiger partial charge in [-0.25, -0.2) is 0 Å². The lowest BCUT2D eigenvalue weighted by Crippen LogP contribution is -2.26. The molecule has 4 aromatic rings. The third kappa shape index (κ3) is 4.30. The first kappa shape index (κ1) is 25.5. The van der Waals surface area contributed by atoms with Crippen LogP contribution in [0, 0.1) is 6.92 Å². The number of hydrogen-bond donors (Lipinski definition) is 0. The molecule has 0 atom stereocenters. The van der Waals surface area contributed by atoms with Gasteiger partial charge in [0.2, 0.25) is 5.71 Å². The van der Waals surface area contributed by atoms with E-state index in [0.717, 1.165) is 53.8 Å². The Morgan fingerprint density at radius 1 is 0.659 bits per heavy atom. The van der Waals surface area contributed by atoms with E-state index in [-0.39, 0.29) is 4.90 Å². The fraction of sp³-hybridized carbons (Fsp3) is 0.171. The third-order valence-corrected chi connectivity index (χ3v) is 10.2. The van der Waals surface area contributed by atoms with Crippen LogP contribution in [0.25, 0.3) is 11.1 Å². The van der Waals surface area contributed by atoms with Gasteiger partial charge >= 0.3 is 10.0 Å². The number of rotatable bonds is 4. The van der Waals surface area contributed by atoms with E-state index in [4.69, 9.17) is 0 Å². The van der Waals surface area contributed by atoms with Crippen molar-refractivity contribution in [3.05, 3.63) is 137 Å². The first-order chi connectivity index (χ1) is 19.9. The van der Waals surface area contributed by atoms with Gasteiger partial charge in [0.15, 0.2) is 7.05 Å². The molecule has 6 heteroatoms. The lowest BCUT2D eigenvalue weighted by atomic mass is 10.1. The van der Waals surface area contributed by atoms with Gasteiger partial charge < -0.3 is 9.80 Å². The maximum Gasteiger partial charge on any atom is 0.395 e. The molecule has 0 saturated heterocycles. The van der Waals surface area contributed by atoms with Crippen LogP contribution in [0.1, 0.15) is 27.8 Å². The highest BCUT2D eigenvalue weighted by molar-refractivity contribution is 7.85. The quantitative estimate of drug-likeness (QED) is 0.276. The number of anilines is 2. The van der Waals surface area contributed by atoms with Gasteiger partial charge in [-0.1, -0.05) is 78.4 Å². The largest absolute Gasteiger partial charge is 0.395 e. The third-order valence-electron chi connectivity index (χ3n) is 8.43. The van der Waals surface area contributed by atoms with E-state index in [1.165, 1.54) is 26.5 Å². The van der Waals surface area contributed by atoms with E-state index < -0.39 is 10.0 Å². The summed E-state index contributed by atoms with van der Waals surface area (Å²) in [6.45, 7) is 3.67. The number of para-hydroxylation sites is 2. The van der Waals surface area contributed by atoms with Crippen molar-refractivity contribution in [3.8, 4) is 0 Å². The summed E-state index contributed by atoms with van der Waals surface area (Å²) in [5, 5.41) is 0. The Morgan fingerprint density at radius 2 is 1.12 bits per heavy atom. The first-order valence-electron chi connectivity index (χ1n) is 14.1. The summed E-state index contributed by atoms with van der Waals surface area (Å²) in [6, 6.07) is 32.3. The van der Waals surface area contributed by atoms with Crippen molar-refractivity contribution in [2.24, 2.45) is 0 Å². The fourth-order valence-corrected chi connectivity index (χ4v) is 7.48. The molecule has 0 unspecified atom stereocenters. The Balaban J connectivity index is 1.47. The van der Waals surface area contributed by atoms with Crippen LogP contribution in [-0.2, 0) is 22.9 Å². The summed E-state index contributed by atoms with van der Waals surface area (Å²) in [4.78, 5) is 4.81. The van der Waals surface area contributed by atoms with Crippen molar-refractivity contribution in [2.75, 3.05) is 29.9 Å². The molecule has 2 aliphatic heterocycles. The molecule has 1 aliphatic carbocycles. The predicted octanol–water partition coefficient (Wildman–Crippen LogP) is 6.29. The van der Waals surface area contributed by atoms with E-state index in [1.807, 2.05) is 31.2 Å². The summed E-state index contributed by atoms with van der Waals surface area (Å²) >= 11 is 0. The number of benzene rings is 4. The molecule has 0 amide bonds. The maximum atomic E-state index is 14.2. The molecule has 0 saturated carbocycles. The summed E-state index contributed by atoms with van der Waals surface area (Å²) in [5.41, 5.74) is 10.6. The SMILES string of the molecule is Cc1ccc(S(=O)(=O)[N+](C)=C2C(=CN3CCc4ccccc43)c3ccccc3C2=CN2CCc3ccccc32)cc1. The number of allylic oxidation sites excluding steroid dienone is 2. The van der Waals surface area contributed by atoms with Gasteiger partial charge in [-0.3, -0.25) is 0 Å². The van der Waals surface area contributed by atoms with Crippen molar-refractivity contribution in [3.63, 3.8) is 0 Å². The van der Waals surface area contributed by atoms with Crippen LogP contribution in [0.15, 0.2) is 114 Å². The number of fused-ring (bicyclic) bond motifs is 3. The average Bonchev–Trinajstić information content (AvgIpc) is 3.68. The Morgan fingerprint density at radius 3 is 1.63 bits per heavy atom. The molecule has 0 N–H and O–H groups in total. The summed E-state index contributed by atoms with van der Waals surface area (Å²) < 4.78 is 29.8. The monoisotopic (exact) mass is 558 g/mol. The lowest BCUT2D eigenvalue weighted by molar-refractivity contribution is -0.323. The molecule has 5 nitrogen and oxygen atoms in total. The van der Waals surface area contributed by atoms with Gasteiger partial charge in [-0.15, -0.1) is 3.98 Å². The standard InChI is InChI=1S/C35H32N3O2S/c1-25-15-17-28(18-16-25)41(39,40)36(2)35-31(23-37-21-19-26-9-3-7-13-33(26)37)29-11-5-6-12-30(29)32(35)24-38-22-20-27-10-4-8-14-34(27)38/h3-18,23-24H,19-22H2,1-2H3/q+1. The van der Waals surface area contributed by atoms with Crippen molar-refractivity contribution >= 4 is 38.3 Å². The molecule has 0 aromatic heterocycles. The van der Waals surface area contributed by atoms with Gasteiger partial charge in [0.1, 0.15) is 4.90 Å². The van der Waals surface area contributed by atoms with Crippen molar-refractivity contribution < 1.29 is 12.4 Å². The van der Waals surface area contributed by atoms with Crippen LogP contribution in [-0.4, -0.2) is 38.2 Å². The molecule has 204 valence electrons. The van der Waals surface area contributed by atoms with Gasteiger partial charge in [-0.2, -0.15) is 8.42 Å². The first-order valence-corrected chi connectivity index (χ1v) is 15.5. The maximum absolute atomic E-state index is 14.2. The van der Waals surface area contributed by atoms with E-state index >= 15 is 0 Å². The van der Waals surface area contributed by atoms with E-state index in [1.54, 1.807) is 19.2 Å². The average molecular weight is 559 g/mol. The Bertz CT molecular complexity index is 1790. The highest BCUT2D eigenvalue weighted by Gasteiger charge is 2.40. The molecule has 2 heterocycles. The van der Waals surface area contributed by atoms with Crippen LogP contribution >= 0.6 is 0 Å². The van der Waals surface area contributed by atoms with Crippen molar-refractivity contribution in [2.45, 2.75) is 24.7 Å². The predicted molar refractivity (Wildman–Crippen MR) is 167 cm³/mol. The zero-order chi connectivity index (χ0) is 28.1. The number of sulfonamides is 1. The lowest BCUT2D eigenvalue weighted by Gasteiger charge is -2.17. The zero-order valence-corrected chi connectivity index (χ0v) is 24.1. The Labute approximate surface area is 242 Å². The Hall–Kier alpha value is -4.42. The minimum Gasteiger partial charge on any atom is -0.347 e. The van der Waals surface area contributed by atoms with Gasteiger partial charge in [0.05, 0.1) is 11.1 Å². The van der Waals surface area contributed by atoms with Crippen LogP contribution < -0.4 is 9.80 Å². The number of aryl methyl sites for hydroxylation is 1. The van der Waals surface area contributed by atoms with Crippen LogP contribution in [0.5, 0.6) is 0 Å². The van der Waals surface area contributed by atoms with Crippen molar-refractivity contribution in [1.82, 2.24) is 0 Å². The number of nitrogens with zero attached hydrogens (tertiary/aromatic N) is 3. The molecule has 7 rings (SSSR count). The summed E-state index contributed by atoms with van der Waals surface area (Å²) in [5.74, 6) is 0. The van der Waals surface area contributed by atoms with Crippen LogP contribution in [0.2, 0.25) is 0 Å². The summed E-state index contributed by atoms with van der Waals surface area (Å²) in [6.07, 6.45) is 6.23. The van der Waals surface area contributed by atoms with Crippen LogP contribution in [0.4, 0.5) is 11.4 Å².